The topological polar surface area (TPSA) is 71.7 Å². The molecule has 0 aliphatic heterocycles. The van der Waals surface area contributed by atoms with Gasteiger partial charge in [0.05, 0.1) is 13.2 Å². The molecular formula is C14H24N4O. The second-order valence-corrected chi connectivity index (χ2v) is 5.29. The maximum Gasteiger partial charge on any atom is 0.210 e. The Labute approximate surface area is 115 Å². The van der Waals surface area contributed by atoms with E-state index in [2.05, 4.69) is 42.6 Å². The maximum atomic E-state index is 5.48. The zero-order chi connectivity index (χ0) is 14.3. The molecule has 4 N–H and O–H groups in total. The van der Waals surface area contributed by atoms with Gasteiger partial charge in [-0.2, -0.15) is 0 Å². The molecule has 0 aliphatic carbocycles. The quantitative estimate of drug-likeness (QED) is 0.255. The summed E-state index contributed by atoms with van der Waals surface area (Å²) in [7, 11) is 1.65. The summed E-state index contributed by atoms with van der Waals surface area (Å²) in [6.07, 6.45) is 0. The molecule has 0 radical (unpaired) electrons. The Kier molecular flexibility index (Phi) is 5.79. The minimum atomic E-state index is 0.0514. The summed E-state index contributed by atoms with van der Waals surface area (Å²) in [5.41, 5.74) is 4.84. The largest absolute Gasteiger partial charge is 0.383 e. The number of hydrogen-bond acceptors (Lipinski definition) is 3. The van der Waals surface area contributed by atoms with Crippen LogP contribution in [0.15, 0.2) is 29.3 Å². The first-order valence-corrected chi connectivity index (χ1v) is 6.35. The van der Waals surface area contributed by atoms with Crippen LogP contribution in [0.3, 0.4) is 0 Å². The Bertz CT molecular complexity index is 424. The fraction of sp³-hybridized carbons (Fsp3) is 0.500. The smallest absolute Gasteiger partial charge is 0.210 e. The molecule has 0 spiro atoms. The van der Waals surface area contributed by atoms with E-state index >= 15 is 0 Å². The number of hydrazine groups is 1. The molecule has 1 rings (SSSR count). The van der Waals surface area contributed by atoms with Crippen molar-refractivity contribution < 1.29 is 4.74 Å². The van der Waals surface area contributed by atoms with Crippen molar-refractivity contribution >= 4 is 11.6 Å². The Morgan fingerprint density at radius 3 is 2.58 bits per heavy atom. The molecule has 5 heteroatoms. The molecule has 0 heterocycles. The fourth-order valence-corrected chi connectivity index (χ4v) is 1.74. The first kappa shape index (κ1) is 15.5. The minimum Gasteiger partial charge on any atom is -0.383 e. The van der Waals surface area contributed by atoms with Gasteiger partial charge in [-0.15, -0.1) is 0 Å². The highest BCUT2D eigenvalue weighted by Crippen LogP contribution is 2.28. The second kappa shape index (κ2) is 7.11. The van der Waals surface area contributed by atoms with Crippen LogP contribution in [0.25, 0.3) is 0 Å². The average Bonchev–Trinajstić information content (AvgIpc) is 2.37. The molecule has 1 aromatic rings. The van der Waals surface area contributed by atoms with E-state index in [9.17, 15) is 0 Å². The number of nitrogens with two attached hydrogens (primary N) is 1. The van der Waals surface area contributed by atoms with Crippen molar-refractivity contribution in [1.82, 2.24) is 5.43 Å². The summed E-state index contributed by atoms with van der Waals surface area (Å²) >= 11 is 0. The van der Waals surface area contributed by atoms with E-state index in [0.717, 1.165) is 5.69 Å². The molecule has 0 bridgehead atoms. The molecule has 0 fully saturated rings. The van der Waals surface area contributed by atoms with Gasteiger partial charge >= 0.3 is 0 Å². The first-order chi connectivity index (χ1) is 8.99. The highest BCUT2D eigenvalue weighted by molar-refractivity contribution is 5.94. The van der Waals surface area contributed by atoms with Crippen LogP contribution in [0.4, 0.5) is 5.69 Å². The van der Waals surface area contributed by atoms with Crippen molar-refractivity contribution in [2.75, 3.05) is 25.6 Å². The zero-order valence-electron chi connectivity index (χ0n) is 12.2. The van der Waals surface area contributed by atoms with E-state index in [1.807, 2.05) is 18.2 Å². The Hall–Kier alpha value is -1.59. The van der Waals surface area contributed by atoms with Crippen molar-refractivity contribution in [3.8, 4) is 0 Å². The molecule has 106 valence electrons. The molecular weight excluding hydrogens is 240 g/mol. The van der Waals surface area contributed by atoms with Crippen LogP contribution < -0.4 is 16.6 Å². The van der Waals surface area contributed by atoms with Gasteiger partial charge in [-0.25, -0.2) is 10.8 Å². The van der Waals surface area contributed by atoms with Crippen molar-refractivity contribution in [2.24, 2.45) is 10.8 Å². The summed E-state index contributed by atoms with van der Waals surface area (Å²) in [6.45, 7) is 7.63. The summed E-state index contributed by atoms with van der Waals surface area (Å²) < 4.78 is 4.96. The molecule has 0 amide bonds. The predicted molar refractivity (Wildman–Crippen MR) is 80.3 cm³/mol. The molecule has 0 saturated heterocycles. The molecule has 0 aromatic heterocycles. The fourth-order valence-electron chi connectivity index (χ4n) is 1.74. The molecule has 0 atom stereocenters. The lowest BCUT2D eigenvalue weighted by Gasteiger charge is -2.23. The number of guanidine groups is 1. The van der Waals surface area contributed by atoms with E-state index in [1.54, 1.807) is 7.11 Å². The third-order valence-corrected chi connectivity index (χ3v) is 2.69. The molecule has 0 unspecified atom stereocenters. The van der Waals surface area contributed by atoms with Gasteiger partial charge in [-0.05, 0) is 17.0 Å². The van der Waals surface area contributed by atoms with Gasteiger partial charge in [0.1, 0.15) is 0 Å². The number of ether oxygens (including phenoxy) is 1. The molecule has 5 nitrogen and oxygen atoms in total. The number of nitrogens with one attached hydrogen (secondary N) is 2. The number of anilines is 1. The van der Waals surface area contributed by atoms with E-state index in [-0.39, 0.29) is 5.41 Å². The van der Waals surface area contributed by atoms with Crippen LogP contribution in [0.5, 0.6) is 0 Å². The van der Waals surface area contributed by atoms with Crippen molar-refractivity contribution in [3.63, 3.8) is 0 Å². The first-order valence-electron chi connectivity index (χ1n) is 6.35. The third-order valence-electron chi connectivity index (χ3n) is 2.69. The average molecular weight is 264 g/mol. The van der Waals surface area contributed by atoms with Gasteiger partial charge in [0.2, 0.25) is 5.96 Å². The zero-order valence-corrected chi connectivity index (χ0v) is 12.2. The van der Waals surface area contributed by atoms with Crippen LogP contribution in [-0.4, -0.2) is 26.2 Å². The summed E-state index contributed by atoms with van der Waals surface area (Å²) in [4.78, 5) is 4.29. The molecule has 0 aliphatic rings. The normalized spacial score (nSPS) is 12.4. The van der Waals surface area contributed by atoms with E-state index in [1.165, 1.54) is 5.56 Å². The second-order valence-electron chi connectivity index (χ2n) is 5.29. The lowest BCUT2D eigenvalue weighted by molar-refractivity contribution is 0.208. The van der Waals surface area contributed by atoms with Gasteiger partial charge in [0.15, 0.2) is 0 Å². The van der Waals surface area contributed by atoms with Crippen LogP contribution in [0, 0.1) is 0 Å². The van der Waals surface area contributed by atoms with Gasteiger partial charge in [-0.3, -0.25) is 5.43 Å². The highest BCUT2D eigenvalue weighted by atomic mass is 16.5. The number of benzene rings is 1. The van der Waals surface area contributed by atoms with Crippen molar-refractivity contribution in [1.29, 1.82) is 0 Å². The van der Waals surface area contributed by atoms with Gasteiger partial charge in [-0.1, -0.05) is 39.0 Å². The number of nitrogens with zero attached hydrogens (tertiary/aromatic N) is 1. The molecule has 1 aromatic carbocycles. The van der Waals surface area contributed by atoms with Crippen LogP contribution in [0.2, 0.25) is 0 Å². The maximum absolute atomic E-state index is 5.48. The molecule has 0 saturated carbocycles. The Balaban J connectivity index is 2.89. The number of para-hydroxylation sites is 1. The standard InChI is InChI=1S/C14H24N4O/c1-14(2,3)11-7-5-6-8-12(11)17-13(18-15)16-9-10-19-4/h5-8H,9-10,15H2,1-4H3,(H2,16,17,18). The monoisotopic (exact) mass is 264 g/mol. The van der Waals surface area contributed by atoms with Gasteiger partial charge in [0.25, 0.3) is 0 Å². The van der Waals surface area contributed by atoms with Crippen LogP contribution >= 0.6 is 0 Å². The highest BCUT2D eigenvalue weighted by Gasteiger charge is 2.17. The van der Waals surface area contributed by atoms with Gasteiger partial charge in [0, 0.05) is 12.8 Å². The lowest BCUT2D eigenvalue weighted by Crippen LogP contribution is -2.37. The van der Waals surface area contributed by atoms with Crippen molar-refractivity contribution in [3.05, 3.63) is 29.8 Å². The van der Waals surface area contributed by atoms with E-state index < -0.39 is 0 Å². The SMILES string of the molecule is COCCN=C(NN)Nc1ccccc1C(C)(C)C. The number of rotatable bonds is 4. The summed E-state index contributed by atoms with van der Waals surface area (Å²) in [6, 6.07) is 8.14. The van der Waals surface area contributed by atoms with Crippen LogP contribution in [0.1, 0.15) is 26.3 Å². The van der Waals surface area contributed by atoms with E-state index in [4.69, 9.17) is 10.6 Å². The Morgan fingerprint density at radius 1 is 1.32 bits per heavy atom. The number of aliphatic imine (C=N–C) groups is 1. The van der Waals surface area contributed by atoms with Crippen LogP contribution in [-0.2, 0) is 10.2 Å². The predicted octanol–water partition coefficient (Wildman–Crippen LogP) is 1.86. The molecule has 19 heavy (non-hydrogen) atoms. The Morgan fingerprint density at radius 2 is 2.00 bits per heavy atom. The number of hydrogen-bond donors (Lipinski definition) is 3. The number of methoxy groups -OCH3 is 1. The van der Waals surface area contributed by atoms with E-state index in [0.29, 0.717) is 19.1 Å². The van der Waals surface area contributed by atoms with Gasteiger partial charge < -0.3 is 10.1 Å². The van der Waals surface area contributed by atoms with Crippen molar-refractivity contribution in [2.45, 2.75) is 26.2 Å². The lowest BCUT2D eigenvalue weighted by atomic mass is 9.86. The third kappa shape index (κ3) is 4.89. The summed E-state index contributed by atoms with van der Waals surface area (Å²) in [5.74, 6) is 6.01. The summed E-state index contributed by atoms with van der Waals surface area (Å²) in [5, 5.41) is 3.22. The minimum absolute atomic E-state index is 0.0514.